The third-order valence-electron chi connectivity index (χ3n) is 4.04. The Hall–Kier alpha value is -0.570. The van der Waals surface area contributed by atoms with Crippen LogP contribution < -0.4 is 5.32 Å². The topological polar surface area (TPSA) is 38.3 Å². The zero-order valence-electron chi connectivity index (χ0n) is 8.95. The molecule has 2 fully saturated rings. The largest absolute Gasteiger partial charge is 0.469 e. The molecule has 0 amide bonds. The number of esters is 1. The Morgan fingerprint density at radius 3 is 2.71 bits per heavy atom. The van der Waals surface area contributed by atoms with E-state index in [9.17, 15) is 4.79 Å². The van der Waals surface area contributed by atoms with Crippen molar-refractivity contribution in [2.45, 2.75) is 31.7 Å². The zero-order chi connectivity index (χ0) is 10.1. The second kappa shape index (κ2) is 3.89. The average Bonchev–Trinajstić information content (AvgIpc) is 2.76. The molecule has 0 spiro atoms. The van der Waals surface area contributed by atoms with Gasteiger partial charge in [0.15, 0.2) is 0 Å². The van der Waals surface area contributed by atoms with Crippen LogP contribution in [0.2, 0.25) is 0 Å². The maximum Gasteiger partial charge on any atom is 0.309 e. The molecule has 0 heterocycles. The molecule has 0 aromatic carbocycles. The summed E-state index contributed by atoms with van der Waals surface area (Å²) in [7, 11) is 3.50. The number of hydrogen-bond acceptors (Lipinski definition) is 3. The molecule has 4 atom stereocenters. The van der Waals surface area contributed by atoms with Crippen LogP contribution in [0.4, 0.5) is 0 Å². The van der Waals surface area contributed by atoms with Crippen molar-refractivity contribution in [3.05, 3.63) is 0 Å². The van der Waals surface area contributed by atoms with Gasteiger partial charge >= 0.3 is 5.97 Å². The number of hydrogen-bond donors (Lipinski definition) is 1. The molecule has 3 nitrogen and oxygen atoms in total. The number of nitrogens with one attached hydrogen (secondary N) is 1. The van der Waals surface area contributed by atoms with E-state index in [0.717, 1.165) is 6.42 Å². The molecule has 0 aromatic heterocycles. The van der Waals surface area contributed by atoms with Gasteiger partial charge in [-0.3, -0.25) is 4.79 Å². The summed E-state index contributed by atoms with van der Waals surface area (Å²) in [6.07, 6.45) is 4.74. The number of carbonyl (C=O) groups excluding carboxylic acids is 1. The van der Waals surface area contributed by atoms with Gasteiger partial charge in [-0.1, -0.05) is 6.42 Å². The highest BCUT2D eigenvalue weighted by molar-refractivity contribution is 5.73. The predicted octanol–water partition coefficient (Wildman–Crippen LogP) is 1.18. The number of fused-ring (bicyclic) bond motifs is 1. The molecular formula is C11H19NO2. The normalized spacial score (nSPS) is 41.0. The number of carbonyl (C=O) groups is 1. The van der Waals surface area contributed by atoms with Gasteiger partial charge in [0.1, 0.15) is 0 Å². The average molecular weight is 197 g/mol. The molecule has 2 rings (SSSR count). The number of methoxy groups -OCH3 is 1. The summed E-state index contributed by atoms with van der Waals surface area (Å²) in [5.74, 6) is 1.45. The Morgan fingerprint density at radius 1 is 1.36 bits per heavy atom. The van der Waals surface area contributed by atoms with Crippen molar-refractivity contribution in [1.29, 1.82) is 0 Å². The Kier molecular flexibility index (Phi) is 2.77. The zero-order valence-corrected chi connectivity index (χ0v) is 8.95. The molecular weight excluding hydrogens is 178 g/mol. The highest BCUT2D eigenvalue weighted by atomic mass is 16.5. The third-order valence-corrected chi connectivity index (χ3v) is 4.04. The quantitative estimate of drug-likeness (QED) is 0.676. The van der Waals surface area contributed by atoms with Crippen LogP contribution in [0, 0.1) is 17.8 Å². The van der Waals surface area contributed by atoms with Crippen molar-refractivity contribution in [2.24, 2.45) is 17.8 Å². The van der Waals surface area contributed by atoms with Crippen molar-refractivity contribution >= 4 is 5.97 Å². The van der Waals surface area contributed by atoms with Crippen LogP contribution in [0.15, 0.2) is 0 Å². The molecule has 2 aliphatic rings. The van der Waals surface area contributed by atoms with Gasteiger partial charge in [0.25, 0.3) is 0 Å². The lowest BCUT2D eigenvalue weighted by Crippen LogP contribution is -2.29. The lowest BCUT2D eigenvalue weighted by atomic mass is 9.92. The minimum Gasteiger partial charge on any atom is -0.469 e. The molecule has 3 heteroatoms. The summed E-state index contributed by atoms with van der Waals surface area (Å²) < 4.78 is 4.87. The first-order valence-electron chi connectivity index (χ1n) is 5.53. The summed E-state index contributed by atoms with van der Waals surface area (Å²) in [5, 5.41) is 3.34. The van der Waals surface area contributed by atoms with E-state index < -0.39 is 0 Å². The van der Waals surface area contributed by atoms with Gasteiger partial charge in [-0.15, -0.1) is 0 Å². The first kappa shape index (κ1) is 9.97. The maximum absolute atomic E-state index is 11.6. The minimum atomic E-state index is -0.000324. The van der Waals surface area contributed by atoms with Crippen LogP contribution >= 0.6 is 0 Å². The van der Waals surface area contributed by atoms with E-state index in [1.165, 1.54) is 26.4 Å². The number of ether oxygens (including phenoxy) is 1. The van der Waals surface area contributed by atoms with Crippen LogP contribution in [-0.4, -0.2) is 26.2 Å². The van der Waals surface area contributed by atoms with Crippen LogP contribution in [-0.2, 0) is 9.53 Å². The summed E-state index contributed by atoms with van der Waals surface area (Å²) in [6.45, 7) is 0. The monoisotopic (exact) mass is 197 g/mol. The van der Waals surface area contributed by atoms with Crippen LogP contribution in [0.5, 0.6) is 0 Å². The smallest absolute Gasteiger partial charge is 0.309 e. The van der Waals surface area contributed by atoms with Gasteiger partial charge in [0.2, 0.25) is 0 Å². The Bertz CT molecular complexity index is 229. The predicted molar refractivity (Wildman–Crippen MR) is 53.8 cm³/mol. The minimum absolute atomic E-state index is 0.000324. The standard InChI is InChI=1S/C11H19NO2/c1-12-10-6-9(11(13)14-2)7-4-3-5-8(7)10/h7-10,12H,3-6H2,1-2H3. The van der Waals surface area contributed by atoms with Crippen molar-refractivity contribution in [3.8, 4) is 0 Å². The van der Waals surface area contributed by atoms with Crippen molar-refractivity contribution in [1.82, 2.24) is 5.32 Å². The molecule has 2 aliphatic carbocycles. The van der Waals surface area contributed by atoms with Gasteiger partial charge in [-0.05, 0) is 38.1 Å². The van der Waals surface area contributed by atoms with E-state index in [1.54, 1.807) is 0 Å². The number of rotatable bonds is 2. The fourth-order valence-corrected chi connectivity index (χ4v) is 3.39. The first-order chi connectivity index (χ1) is 6.77. The highest BCUT2D eigenvalue weighted by Crippen LogP contribution is 2.47. The summed E-state index contributed by atoms with van der Waals surface area (Å²) >= 11 is 0. The Balaban J connectivity index is 2.10. The van der Waals surface area contributed by atoms with E-state index in [4.69, 9.17) is 4.74 Å². The first-order valence-corrected chi connectivity index (χ1v) is 5.53. The van der Waals surface area contributed by atoms with Crippen LogP contribution in [0.25, 0.3) is 0 Å². The van der Waals surface area contributed by atoms with E-state index in [1.807, 2.05) is 7.05 Å². The summed E-state index contributed by atoms with van der Waals surface area (Å²) in [5.41, 5.74) is 0. The summed E-state index contributed by atoms with van der Waals surface area (Å²) in [4.78, 5) is 11.6. The van der Waals surface area contributed by atoms with Crippen molar-refractivity contribution < 1.29 is 9.53 Å². The fourth-order valence-electron chi connectivity index (χ4n) is 3.39. The second-order valence-corrected chi connectivity index (χ2v) is 4.52. The third kappa shape index (κ3) is 1.44. The maximum atomic E-state index is 11.6. The molecule has 14 heavy (non-hydrogen) atoms. The molecule has 0 aliphatic heterocycles. The molecule has 0 aromatic rings. The molecule has 2 saturated carbocycles. The lowest BCUT2D eigenvalue weighted by molar-refractivity contribution is -0.146. The van der Waals surface area contributed by atoms with Gasteiger partial charge in [-0.25, -0.2) is 0 Å². The van der Waals surface area contributed by atoms with Crippen molar-refractivity contribution in [3.63, 3.8) is 0 Å². The van der Waals surface area contributed by atoms with Crippen LogP contribution in [0.3, 0.4) is 0 Å². The Labute approximate surface area is 85.2 Å². The molecule has 0 bridgehead atoms. The van der Waals surface area contributed by atoms with E-state index in [0.29, 0.717) is 17.9 Å². The van der Waals surface area contributed by atoms with E-state index >= 15 is 0 Å². The van der Waals surface area contributed by atoms with Gasteiger partial charge in [-0.2, -0.15) is 0 Å². The lowest BCUT2D eigenvalue weighted by Gasteiger charge is -2.17. The molecule has 0 radical (unpaired) electrons. The summed E-state index contributed by atoms with van der Waals surface area (Å²) in [6, 6.07) is 0.534. The Morgan fingerprint density at radius 2 is 2.07 bits per heavy atom. The highest BCUT2D eigenvalue weighted by Gasteiger charge is 2.48. The van der Waals surface area contributed by atoms with Gasteiger partial charge in [0.05, 0.1) is 13.0 Å². The van der Waals surface area contributed by atoms with E-state index in [2.05, 4.69) is 5.32 Å². The molecule has 0 saturated heterocycles. The molecule has 1 N–H and O–H groups in total. The van der Waals surface area contributed by atoms with Crippen molar-refractivity contribution in [2.75, 3.05) is 14.2 Å². The van der Waals surface area contributed by atoms with Gasteiger partial charge in [0, 0.05) is 6.04 Å². The SMILES string of the molecule is CNC1CC(C(=O)OC)C2CCCC12. The van der Waals surface area contributed by atoms with Crippen LogP contribution in [0.1, 0.15) is 25.7 Å². The molecule has 4 unspecified atom stereocenters. The molecule has 80 valence electrons. The second-order valence-electron chi connectivity index (χ2n) is 4.52. The fraction of sp³-hybridized carbons (Fsp3) is 0.909. The van der Waals surface area contributed by atoms with Gasteiger partial charge < -0.3 is 10.1 Å². The van der Waals surface area contributed by atoms with E-state index in [-0.39, 0.29) is 11.9 Å².